The Hall–Kier alpha value is -2.25. The zero-order valence-electron chi connectivity index (χ0n) is 12.3. The molecule has 7 heteroatoms. The van der Waals surface area contributed by atoms with Gasteiger partial charge in [0.1, 0.15) is 13.2 Å². The highest BCUT2D eigenvalue weighted by molar-refractivity contribution is 7.76. The van der Waals surface area contributed by atoms with E-state index in [1.54, 1.807) is 48.5 Å². The van der Waals surface area contributed by atoms with Crippen molar-refractivity contribution in [2.45, 2.75) is 0 Å². The SMILES string of the molecule is O=S1Oc2ccccc2OCCOCCOc2ccccc2O1. The van der Waals surface area contributed by atoms with Gasteiger partial charge in [0.15, 0.2) is 23.0 Å². The minimum Gasteiger partial charge on any atom is -0.487 e. The van der Waals surface area contributed by atoms with E-state index >= 15 is 0 Å². The van der Waals surface area contributed by atoms with E-state index in [2.05, 4.69) is 0 Å². The predicted octanol–water partition coefficient (Wildman–Crippen LogP) is 2.51. The molecule has 122 valence electrons. The highest BCUT2D eigenvalue weighted by Gasteiger charge is 2.14. The van der Waals surface area contributed by atoms with Crippen LogP contribution in [-0.2, 0) is 16.1 Å². The smallest absolute Gasteiger partial charge is 0.417 e. The van der Waals surface area contributed by atoms with Crippen LogP contribution in [0.5, 0.6) is 23.0 Å². The van der Waals surface area contributed by atoms with Gasteiger partial charge in [-0.1, -0.05) is 24.3 Å². The number of benzene rings is 2. The summed E-state index contributed by atoms with van der Waals surface area (Å²) in [5, 5.41) is 0. The second-order valence-electron chi connectivity index (χ2n) is 4.57. The van der Waals surface area contributed by atoms with Crippen LogP contribution in [0.2, 0.25) is 0 Å². The van der Waals surface area contributed by atoms with Crippen LogP contribution in [0.25, 0.3) is 0 Å². The standard InChI is InChI=1S/C16H16O6S/c17-23-21-15-7-3-1-5-13(15)19-11-9-18-10-12-20-14-6-2-4-8-16(14)22-23/h1-8H,9-12H2. The average Bonchev–Trinajstić information content (AvgIpc) is 2.56. The fourth-order valence-corrected chi connectivity index (χ4v) is 2.57. The van der Waals surface area contributed by atoms with E-state index in [9.17, 15) is 4.21 Å². The Bertz CT molecular complexity index is 620. The first-order chi connectivity index (χ1) is 11.3. The molecule has 0 radical (unpaired) electrons. The Morgan fingerprint density at radius 1 is 0.652 bits per heavy atom. The summed E-state index contributed by atoms with van der Waals surface area (Å²) in [6, 6.07) is 13.9. The first-order valence-electron chi connectivity index (χ1n) is 7.13. The highest BCUT2D eigenvalue weighted by atomic mass is 32.2. The molecular formula is C16H16O6S. The summed E-state index contributed by atoms with van der Waals surface area (Å²) in [4.78, 5) is 0. The molecule has 0 N–H and O–H groups in total. The first-order valence-corrected chi connectivity index (χ1v) is 8.13. The van der Waals surface area contributed by atoms with Crippen molar-refractivity contribution in [3.63, 3.8) is 0 Å². The molecule has 0 aromatic heterocycles. The summed E-state index contributed by atoms with van der Waals surface area (Å²) in [6.45, 7) is 1.53. The molecule has 0 atom stereocenters. The van der Waals surface area contributed by atoms with Gasteiger partial charge in [0.05, 0.1) is 13.2 Å². The molecule has 1 aliphatic heterocycles. The third-order valence-corrected chi connectivity index (χ3v) is 3.62. The van der Waals surface area contributed by atoms with Crippen LogP contribution in [0.3, 0.4) is 0 Å². The van der Waals surface area contributed by atoms with Gasteiger partial charge < -0.3 is 22.6 Å². The minimum atomic E-state index is -2.02. The molecule has 0 bridgehead atoms. The molecule has 6 nitrogen and oxygen atoms in total. The maximum atomic E-state index is 12.1. The average molecular weight is 336 g/mol. The van der Waals surface area contributed by atoms with E-state index in [0.29, 0.717) is 49.4 Å². The molecule has 0 fully saturated rings. The topological polar surface area (TPSA) is 63.2 Å². The fourth-order valence-electron chi connectivity index (χ4n) is 1.96. The van der Waals surface area contributed by atoms with Crippen molar-refractivity contribution in [3.05, 3.63) is 48.5 Å². The van der Waals surface area contributed by atoms with Crippen molar-refractivity contribution in [1.29, 1.82) is 0 Å². The van der Waals surface area contributed by atoms with Gasteiger partial charge in [-0.3, -0.25) is 0 Å². The minimum absolute atomic E-state index is 0.335. The predicted molar refractivity (Wildman–Crippen MR) is 84.1 cm³/mol. The zero-order valence-corrected chi connectivity index (χ0v) is 13.1. The van der Waals surface area contributed by atoms with Crippen LogP contribution >= 0.6 is 0 Å². The first kappa shape index (κ1) is 15.6. The second kappa shape index (κ2) is 7.85. The number of rotatable bonds is 0. The molecule has 1 heterocycles. The number of hydrogen-bond acceptors (Lipinski definition) is 6. The normalized spacial score (nSPS) is 16.3. The Kier molecular flexibility index (Phi) is 5.33. The molecule has 2 aromatic carbocycles. The van der Waals surface area contributed by atoms with E-state index in [4.69, 9.17) is 22.6 Å². The van der Waals surface area contributed by atoms with Gasteiger partial charge in [-0.15, -0.1) is 0 Å². The Morgan fingerprint density at radius 2 is 1.09 bits per heavy atom. The van der Waals surface area contributed by atoms with Crippen molar-refractivity contribution < 1.29 is 26.8 Å². The van der Waals surface area contributed by atoms with Gasteiger partial charge in [-0.25, -0.2) is 0 Å². The molecule has 0 saturated heterocycles. The molecular weight excluding hydrogens is 320 g/mol. The third kappa shape index (κ3) is 4.37. The lowest BCUT2D eigenvalue weighted by Gasteiger charge is -2.15. The molecule has 3 rings (SSSR count). The van der Waals surface area contributed by atoms with E-state index in [1.165, 1.54) is 0 Å². The lowest BCUT2D eigenvalue weighted by atomic mass is 10.3. The lowest BCUT2D eigenvalue weighted by Crippen LogP contribution is -2.15. The van der Waals surface area contributed by atoms with Crippen LogP contribution in [0.4, 0.5) is 0 Å². The number of hydrogen-bond donors (Lipinski definition) is 0. The van der Waals surface area contributed by atoms with E-state index in [-0.39, 0.29) is 0 Å². The molecule has 0 amide bonds. The largest absolute Gasteiger partial charge is 0.487 e. The van der Waals surface area contributed by atoms with Gasteiger partial charge in [0.2, 0.25) is 0 Å². The monoisotopic (exact) mass is 336 g/mol. The van der Waals surface area contributed by atoms with Crippen molar-refractivity contribution >= 4 is 11.4 Å². The Labute approximate surface area is 136 Å². The van der Waals surface area contributed by atoms with Gasteiger partial charge in [-0.2, -0.15) is 4.21 Å². The van der Waals surface area contributed by atoms with Crippen LogP contribution in [0.15, 0.2) is 48.5 Å². The summed E-state index contributed by atoms with van der Waals surface area (Å²) in [6.07, 6.45) is 0. The van der Waals surface area contributed by atoms with Crippen molar-refractivity contribution in [3.8, 4) is 23.0 Å². The van der Waals surface area contributed by atoms with Gasteiger partial charge in [-0.05, 0) is 24.3 Å². The summed E-state index contributed by atoms with van der Waals surface area (Å²) in [5.41, 5.74) is 0. The van der Waals surface area contributed by atoms with Crippen LogP contribution in [0, 0.1) is 0 Å². The van der Waals surface area contributed by atoms with E-state index in [1.807, 2.05) is 0 Å². The molecule has 0 saturated carbocycles. The Balaban J connectivity index is 1.82. The molecule has 0 unspecified atom stereocenters. The number of fused-ring (bicyclic) bond motifs is 2. The van der Waals surface area contributed by atoms with Crippen molar-refractivity contribution in [1.82, 2.24) is 0 Å². The lowest BCUT2D eigenvalue weighted by molar-refractivity contribution is 0.0753. The molecule has 0 spiro atoms. The zero-order chi connectivity index (χ0) is 15.9. The molecule has 1 aliphatic rings. The van der Waals surface area contributed by atoms with Gasteiger partial charge >= 0.3 is 11.4 Å². The molecule has 23 heavy (non-hydrogen) atoms. The summed E-state index contributed by atoms with van der Waals surface area (Å²) in [7, 11) is 0. The number of para-hydroxylation sites is 4. The summed E-state index contributed by atoms with van der Waals surface area (Å²) < 4.78 is 39.3. The summed E-state index contributed by atoms with van der Waals surface area (Å²) in [5.74, 6) is 1.63. The quantitative estimate of drug-likeness (QED) is 0.737. The highest BCUT2D eigenvalue weighted by Crippen LogP contribution is 2.30. The maximum Gasteiger partial charge on any atom is 0.417 e. The van der Waals surface area contributed by atoms with Crippen molar-refractivity contribution in [2.75, 3.05) is 26.4 Å². The van der Waals surface area contributed by atoms with E-state index < -0.39 is 11.4 Å². The van der Waals surface area contributed by atoms with Crippen LogP contribution in [-0.4, -0.2) is 30.6 Å². The third-order valence-electron chi connectivity index (χ3n) is 2.98. The molecule has 2 aromatic rings. The maximum absolute atomic E-state index is 12.1. The van der Waals surface area contributed by atoms with Gasteiger partial charge in [0.25, 0.3) is 0 Å². The Morgan fingerprint density at radius 3 is 1.57 bits per heavy atom. The summed E-state index contributed by atoms with van der Waals surface area (Å²) >= 11 is -2.02. The van der Waals surface area contributed by atoms with E-state index in [0.717, 1.165) is 0 Å². The van der Waals surface area contributed by atoms with Gasteiger partial charge in [0, 0.05) is 0 Å². The van der Waals surface area contributed by atoms with Crippen molar-refractivity contribution in [2.24, 2.45) is 0 Å². The van der Waals surface area contributed by atoms with Crippen LogP contribution < -0.4 is 17.8 Å². The van der Waals surface area contributed by atoms with Crippen LogP contribution in [0.1, 0.15) is 0 Å². The molecule has 0 aliphatic carbocycles. The fraction of sp³-hybridized carbons (Fsp3) is 0.250. The second-order valence-corrected chi connectivity index (χ2v) is 5.32. The number of ether oxygens (including phenoxy) is 3.